The summed E-state index contributed by atoms with van der Waals surface area (Å²) in [5, 5.41) is 14.0. The van der Waals surface area contributed by atoms with Crippen molar-refractivity contribution in [2.75, 3.05) is 0 Å². The van der Waals surface area contributed by atoms with E-state index in [-0.39, 0.29) is 11.2 Å². The summed E-state index contributed by atoms with van der Waals surface area (Å²) in [7, 11) is 0. The van der Waals surface area contributed by atoms with Gasteiger partial charge in [0.15, 0.2) is 17.5 Å². The van der Waals surface area contributed by atoms with Crippen LogP contribution in [-0.4, -0.2) is 44.3 Å². The normalized spacial score (nSPS) is 12.8. The third-order valence-corrected chi connectivity index (χ3v) is 8.59. The molecule has 0 atom stereocenters. The second-order valence-corrected chi connectivity index (χ2v) is 15.7. The lowest BCUT2D eigenvalue weighted by molar-refractivity contribution is -0.146. The van der Waals surface area contributed by atoms with Crippen LogP contribution in [0.25, 0.3) is 17.1 Å². The summed E-state index contributed by atoms with van der Waals surface area (Å²) in [5.41, 5.74) is 2.84. The molecule has 0 aliphatic rings. The lowest BCUT2D eigenvalue weighted by atomic mass is 9.85. The fraction of sp³-hybridized carbons (Fsp3) is 0.385. The summed E-state index contributed by atoms with van der Waals surface area (Å²) in [6.07, 6.45) is -1.19. The second kappa shape index (κ2) is 13.2. The van der Waals surface area contributed by atoms with Crippen LogP contribution in [0.15, 0.2) is 85.2 Å². The van der Waals surface area contributed by atoms with Crippen LogP contribution in [0.5, 0.6) is 0 Å². The zero-order chi connectivity index (χ0) is 36.8. The predicted octanol–water partition coefficient (Wildman–Crippen LogP) is 8.35. The zero-order valence-corrected chi connectivity index (χ0v) is 30.4. The molecule has 3 heterocycles. The minimum absolute atomic E-state index is 0.131. The number of para-hydroxylation sites is 1. The third kappa shape index (κ3) is 7.95. The molecule has 6 rings (SSSR count). The molecule has 0 amide bonds. The number of alkyl halides is 3. The first kappa shape index (κ1) is 35.7. The van der Waals surface area contributed by atoms with E-state index in [9.17, 15) is 13.2 Å². The quantitative estimate of drug-likeness (QED) is 0.151. The average Bonchev–Trinajstić information content (AvgIpc) is 3.83. The van der Waals surface area contributed by atoms with Crippen LogP contribution in [0.3, 0.4) is 0 Å². The van der Waals surface area contributed by atoms with Gasteiger partial charge in [-0.05, 0) is 60.4 Å². The molecule has 266 valence electrons. The molecular formula is C39H44F3N9. The Balaban J connectivity index is 1.27. The Bertz CT molecular complexity index is 2130. The molecule has 0 spiro atoms. The maximum atomic E-state index is 14.0. The molecule has 0 N–H and O–H groups in total. The van der Waals surface area contributed by atoms with Gasteiger partial charge < -0.3 is 0 Å². The van der Waals surface area contributed by atoms with E-state index in [0.717, 1.165) is 38.8 Å². The smallest absolute Gasteiger partial charge is 0.221 e. The van der Waals surface area contributed by atoms with Crippen molar-refractivity contribution in [3.8, 4) is 17.1 Å². The standard InChI is InChI=1S/C39H44F3N9/c1-36(2,3)32-43-25-49(46-32)29-18-13-15-27(23-29)24-38(7,8)34-44-31(50(48-34)28-16-10-9-11-17-28)21-20-26-14-12-19-30(22-26)51-35(39(40,41)42)45-33(47-51)37(4,5)6/h9-19,22-23,25H,20-21,24H2,1-8H3. The van der Waals surface area contributed by atoms with Crippen LogP contribution < -0.4 is 0 Å². The fourth-order valence-electron chi connectivity index (χ4n) is 5.79. The number of hydrogen-bond donors (Lipinski definition) is 0. The monoisotopic (exact) mass is 695 g/mol. The number of nitrogens with zero attached hydrogens (tertiary/aromatic N) is 9. The first-order valence-corrected chi connectivity index (χ1v) is 17.1. The van der Waals surface area contributed by atoms with Crippen molar-refractivity contribution in [3.05, 3.63) is 125 Å². The van der Waals surface area contributed by atoms with Gasteiger partial charge in [0.05, 0.1) is 17.1 Å². The SMILES string of the molecule is CC(C)(C)c1ncn(-c2cccc(CC(C)(C)c3nc(CCc4cccc(-n5nc(C(C)(C)C)nc5C(F)(F)F)c4)n(-c4ccccc4)n3)c2)n1. The number of halogens is 3. The van der Waals surface area contributed by atoms with E-state index in [1.54, 1.807) is 45.3 Å². The highest BCUT2D eigenvalue weighted by Gasteiger charge is 2.40. The van der Waals surface area contributed by atoms with E-state index in [1.165, 1.54) is 0 Å². The van der Waals surface area contributed by atoms with E-state index >= 15 is 0 Å². The highest BCUT2D eigenvalue weighted by atomic mass is 19.4. The van der Waals surface area contributed by atoms with Gasteiger partial charge in [0.25, 0.3) is 0 Å². The fourth-order valence-corrected chi connectivity index (χ4v) is 5.79. The van der Waals surface area contributed by atoms with Crippen molar-refractivity contribution < 1.29 is 13.2 Å². The molecule has 0 saturated heterocycles. The predicted molar refractivity (Wildman–Crippen MR) is 191 cm³/mol. The van der Waals surface area contributed by atoms with E-state index in [2.05, 4.69) is 61.8 Å². The number of benzene rings is 3. The second-order valence-electron chi connectivity index (χ2n) is 15.7. The molecule has 0 aliphatic carbocycles. The number of hydrogen-bond acceptors (Lipinski definition) is 6. The molecule has 51 heavy (non-hydrogen) atoms. The maximum absolute atomic E-state index is 14.0. The Kier molecular flexibility index (Phi) is 9.24. The van der Waals surface area contributed by atoms with Gasteiger partial charge in [-0.3, -0.25) is 0 Å². The van der Waals surface area contributed by atoms with Crippen LogP contribution in [0.1, 0.15) is 95.6 Å². The molecule has 0 unspecified atom stereocenters. The molecule has 6 aromatic rings. The lowest BCUT2D eigenvalue weighted by Crippen LogP contribution is -2.23. The van der Waals surface area contributed by atoms with E-state index < -0.39 is 22.8 Å². The molecular weight excluding hydrogens is 651 g/mol. The van der Waals surface area contributed by atoms with Crippen molar-refractivity contribution in [3.63, 3.8) is 0 Å². The number of rotatable bonds is 9. The Labute approximate surface area is 296 Å². The van der Waals surface area contributed by atoms with Gasteiger partial charge in [-0.2, -0.15) is 28.5 Å². The number of aryl methyl sites for hydroxylation is 2. The van der Waals surface area contributed by atoms with Crippen LogP contribution in [0.4, 0.5) is 13.2 Å². The zero-order valence-electron chi connectivity index (χ0n) is 30.4. The lowest BCUT2D eigenvalue weighted by Gasteiger charge is -2.21. The molecule has 0 radical (unpaired) electrons. The molecule has 9 nitrogen and oxygen atoms in total. The molecule has 3 aromatic heterocycles. The summed E-state index contributed by atoms with van der Waals surface area (Å²) in [6, 6.07) is 25.1. The topological polar surface area (TPSA) is 92.1 Å². The van der Waals surface area contributed by atoms with Gasteiger partial charge in [0.1, 0.15) is 12.2 Å². The summed E-state index contributed by atoms with van der Waals surface area (Å²) < 4.78 is 46.7. The van der Waals surface area contributed by atoms with Gasteiger partial charge in [-0.1, -0.05) is 97.9 Å². The summed E-state index contributed by atoms with van der Waals surface area (Å²) in [5.74, 6) is 1.33. The molecule has 0 aliphatic heterocycles. The minimum Gasteiger partial charge on any atom is -0.221 e. The summed E-state index contributed by atoms with van der Waals surface area (Å²) in [4.78, 5) is 13.5. The first-order valence-electron chi connectivity index (χ1n) is 17.1. The van der Waals surface area contributed by atoms with Gasteiger partial charge in [0.2, 0.25) is 5.82 Å². The Hall–Kier alpha value is -5.13. The Morgan fingerprint density at radius 1 is 0.569 bits per heavy atom. The largest absolute Gasteiger partial charge is 0.451 e. The van der Waals surface area contributed by atoms with Crippen molar-refractivity contribution >= 4 is 0 Å². The number of aromatic nitrogens is 9. The van der Waals surface area contributed by atoms with E-state index in [1.807, 2.05) is 57.9 Å². The van der Waals surface area contributed by atoms with Gasteiger partial charge >= 0.3 is 6.18 Å². The van der Waals surface area contributed by atoms with Gasteiger partial charge in [-0.15, -0.1) is 0 Å². The molecule has 0 fully saturated rings. The molecule has 0 bridgehead atoms. The third-order valence-electron chi connectivity index (χ3n) is 8.59. The van der Waals surface area contributed by atoms with Crippen molar-refractivity contribution in [2.24, 2.45) is 0 Å². The van der Waals surface area contributed by atoms with Crippen molar-refractivity contribution in [2.45, 2.75) is 97.1 Å². The molecule has 12 heteroatoms. The van der Waals surface area contributed by atoms with Crippen LogP contribution in [0.2, 0.25) is 0 Å². The average molecular weight is 696 g/mol. The highest BCUT2D eigenvalue weighted by Crippen LogP contribution is 2.33. The highest BCUT2D eigenvalue weighted by molar-refractivity contribution is 5.39. The van der Waals surface area contributed by atoms with Crippen molar-refractivity contribution in [1.82, 2.24) is 44.3 Å². The van der Waals surface area contributed by atoms with Crippen LogP contribution >= 0.6 is 0 Å². The molecule has 0 saturated carbocycles. The van der Waals surface area contributed by atoms with E-state index in [4.69, 9.17) is 15.2 Å². The summed E-state index contributed by atoms with van der Waals surface area (Å²) in [6.45, 7) is 15.9. The van der Waals surface area contributed by atoms with Gasteiger partial charge in [-0.25, -0.2) is 29.0 Å². The Morgan fingerprint density at radius 3 is 1.82 bits per heavy atom. The maximum Gasteiger partial charge on any atom is 0.451 e. The Morgan fingerprint density at radius 2 is 1.18 bits per heavy atom. The molecule has 3 aromatic carbocycles. The minimum atomic E-state index is -4.66. The summed E-state index contributed by atoms with van der Waals surface area (Å²) >= 11 is 0. The van der Waals surface area contributed by atoms with Crippen molar-refractivity contribution in [1.29, 1.82) is 0 Å². The van der Waals surface area contributed by atoms with E-state index in [0.29, 0.717) is 30.8 Å². The van der Waals surface area contributed by atoms with Crippen LogP contribution in [0, 0.1) is 0 Å². The van der Waals surface area contributed by atoms with Crippen LogP contribution in [-0.2, 0) is 41.7 Å². The van der Waals surface area contributed by atoms with Gasteiger partial charge in [0, 0.05) is 22.7 Å². The first-order chi connectivity index (χ1) is 23.9.